The lowest BCUT2D eigenvalue weighted by Crippen LogP contribution is -2.47. The number of fused-ring (bicyclic) bond motifs is 1. The third-order valence-electron chi connectivity index (χ3n) is 5.92. The normalized spacial score (nSPS) is 23.1. The first-order valence-corrected chi connectivity index (χ1v) is 12.0. The van der Waals surface area contributed by atoms with E-state index >= 15 is 0 Å². The molecule has 1 fully saturated rings. The van der Waals surface area contributed by atoms with Crippen LogP contribution in [0.2, 0.25) is 0 Å². The molecule has 4 rings (SSSR count). The summed E-state index contributed by atoms with van der Waals surface area (Å²) < 4.78 is 11.2. The maximum atomic E-state index is 13.9. The second-order valence-corrected chi connectivity index (χ2v) is 9.72. The van der Waals surface area contributed by atoms with Gasteiger partial charge in [-0.05, 0) is 49.2 Å². The Hall–Kier alpha value is -2.51. The van der Waals surface area contributed by atoms with Crippen LogP contribution >= 0.6 is 11.8 Å². The Bertz CT molecular complexity index is 957. The molecule has 2 aromatic carbocycles. The number of benzene rings is 2. The topological polar surface area (TPSA) is 67.9 Å². The van der Waals surface area contributed by atoms with Crippen molar-refractivity contribution in [2.24, 2.45) is 5.92 Å². The van der Waals surface area contributed by atoms with E-state index < -0.39 is 6.10 Å². The van der Waals surface area contributed by atoms with Gasteiger partial charge in [0.05, 0.1) is 24.0 Å². The lowest BCUT2D eigenvalue weighted by atomic mass is 10.0. The van der Waals surface area contributed by atoms with Crippen molar-refractivity contribution in [2.45, 2.75) is 49.0 Å². The minimum Gasteiger partial charge on any atom is -0.497 e. The highest BCUT2D eigenvalue weighted by Gasteiger charge is 2.42. The van der Waals surface area contributed by atoms with Gasteiger partial charge in [0.25, 0.3) is 5.91 Å². The molecule has 0 bridgehead atoms. The van der Waals surface area contributed by atoms with E-state index in [1.807, 2.05) is 53.4 Å². The van der Waals surface area contributed by atoms with Gasteiger partial charge in [-0.25, -0.2) is 0 Å². The molecular weight excluding hydrogens is 424 g/mol. The van der Waals surface area contributed by atoms with Crippen molar-refractivity contribution in [3.05, 3.63) is 54.1 Å². The van der Waals surface area contributed by atoms with E-state index in [1.54, 1.807) is 32.7 Å². The summed E-state index contributed by atoms with van der Waals surface area (Å²) in [6.07, 6.45) is 1.21. The summed E-state index contributed by atoms with van der Waals surface area (Å²) in [5, 5.41) is 3.12. The molecule has 7 heteroatoms. The molecule has 2 heterocycles. The van der Waals surface area contributed by atoms with Crippen molar-refractivity contribution >= 4 is 29.3 Å². The van der Waals surface area contributed by atoms with Crippen molar-refractivity contribution in [3.63, 3.8) is 0 Å². The van der Waals surface area contributed by atoms with E-state index in [1.165, 1.54) is 0 Å². The average Bonchev–Trinajstić information content (AvgIpc) is 3.29. The Balaban J connectivity index is 1.76. The standard InChI is InChI=1S/C25H30N2O4S/c1-16(2)25(29)31-22-23(17-10-12-19(30-3)13-11-17)32-21-9-5-4-8-20(21)27(24(22)28)15-18-7-6-14-26-18/h4-5,8-13,16,18,22-23,26H,6-7,14-15H2,1-3H3/t18-,22?,23?/m0/s1. The number of thioether (sulfide) groups is 1. The summed E-state index contributed by atoms with van der Waals surface area (Å²) in [6, 6.07) is 15.8. The number of anilines is 1. The summed E-state index contributed by atoms with van der Waals surface area (Å²) in [5.74, 6) is -0.123. The summed E-state index contributed by atoms with van der Waals surface area (Å²) in [7, 11) is 1.62. The number of ether oxygens (including phenoxy) is 2. The molecule has 1 N–H and O–H groups in total. The number of methoxy groups -OCH3 is 1. The fourth-order valence-electron chi connectivity index (χ4n) is 4.11. The highest BCUT2D eigenvalue weighted by atomic mass is 32.2. The van der Waals surface area contributed by atoms with Crippen molar-refractivity contribution in [3.8, 4) is 5.75 Å². The number of para-hydroxylation sites is 1. The Labute approximate surface area is 193 Å². The number of esters is 1. The zero-order valence-corrected chi connectivity index (χ0v) is 19.6. The van der Waals surface area contributed by atoms with Crippen LogP contribution in [0.4, 0.5) is 5.69 Å². The first-order valence-electron chi connectivity index (χ1n) is 11.1. The molecule has 32 heavy (non-hydrogen) atoms. The van der Waals surface area contributed by atoms with Crippen LogP contribution < -0.4 is 15.0 Å². The Morgan fingerprint density at radius 2 is 1.94 bits per heavy atom. The molecule has 0 aliphatic carbocycles. The van der Waals surface area contributed by atoms with Gasteiger partial charge >= 0.3 is 5.97 Å². The van der Waals surface area contributed by atoms with Gasteiger partial charge in [-0.1, -0.05) is 38.1 Å². The minimum atomic E-state index is -0.919. The first-order chi connectivity index (χ1) is 15.5. The molecule has 0 spiro atoms. The van der Waals surface area contributed by atoms with Crippen LogP contribution in [0.15, 0.2) is 53.4 Å². The van der Waals surface area contributed by atoms with E-state index in [-0.39, 0.29) is 29.1 Å². The van der Waals surface area contributed by atoms with E-state index in [4.69, 9.17) is 9.47 Å². The number of nitrogens with zero attached hydrogens (tertiary/aromatic N) is 1. The van der Waals surface area contributed by atoms with Crippen molar-refractivity contribution in [1.29, 1.82) is 0 Å². The molecule has 1 saturated heterocycles. The zero-order valence-electron chi connectivity index (χ0n) is 18.7. The van der Waals surface area contributed by atoms with E-state index in [2.05, 4.69) is 5.32 Å². The zero-order chi connectivity index (χ0) is 22.7. The first kappa shape index (κ1) is 22.7. The molecule has 3 atom stereocenters. The Morgan fingerprint density at radius 3 is 2.59 bits per heavy atom. The molecular formula is C25H30N2O4S. The van der Waals surface area contributed by atoms with Crippen LogP contribution in [0.3, 0.4) is 0 Å². The highest BCUT2D eigenvalue weighted by molar-refractivity contribution is 7.99. The summed E-state index contributed by atoms with van der Waals surface area (Å²) in [5.41, 5.74) is 1.79. The molecule has 0 aromatic heterocycles. The number of carbonyl (C=O) groups is 2. The maximum Gasteiger partial charge on any atom is 0.309 e. The summed E-state index contributed by atoms with van der Waals surface area (Å²) in [4.78, 5) is 29.4. The quantitative estimate of drug-likeness (QED) is 0.660. The molecule has 0 radical (unpaired) electrons. The molecule has 2 aliphatic heterocycles. The third kappa shape index (κ3) is 4.79. The van der Waals surface area contributed by atoms with Gasteiger partial charge in [0.2, 0.25) is 0 Å². The Kier molecular flexibility index (Phi) is 7.06. The van der Waals surface area contributed by atoms with Gasteiger partial charge in [-0.2, -0.15) is 0 Å². The van der Waals surface area contributed by atoms with Crippen molar-refractivity contribution in [1.82, 2.24) is 5.32 Å². The van der Waals surface area contributed by atoms with Crippen molar-refractivity contribution < 1.29 is 19.1 Å². The van der Waals surface area contributed by atoms with Gasteiger partial charge < -0.3 is 19.7 Å². The van der Waals surface area contributed by atoms with Gasteiger partial charge in [-0.15, -0.1) is 11.8 Å². The molecule has 2 aromatic rings. The van der Waals surface area contributed by atoms with Gasteiger partial charge in [0.15, 0.2) is 6.10 Å². The number of nitrogens with one attached hydrogen (secondary N) is 1. The summed E-state index contributed by atoms with van der Waals surface area (Å²) in [6.45, 7) is 5.09. The highest BCUT2D eigenvalue weighted by Crippen LogP contribution is 2.47. The second-order valence-electron chi connectivity index (χ2n) is 8.53. The molecule has 6 nitrogen and oxygen atoms in total. The lowest BCUT2D eigenvalue weighted by Gasteiger charge is -2.30. The largest absolute Gasteiger partial charge is 0.497 e. The fourth-order valence-corrected chi connectivity index (χ4v) is 5.43. The number of hydrogen-bond acceptors (Lipinski definition) is 6. The van der Waals surface area contributed by atoms with Crippen LogP contribution in [-0.2, 0) is 14.3 Å². The number of rotatable bonds is 6. The fraction of sp³-hybridized carbons (Fsp3) is 0.440. The molecule has 2 unspecified atom stereocenters. The smallest absolute Gasteiger partial charge is 0.309 e. The van der Waals surface area contributed by atoms with Gasteiger partial charge in [0.1, 0.15) is 5.75 Å². The van der Waals surface area contributed by atoms with Gasteiger partial charge in [-0.3, -0.25) is 9.59 Å². The average molecular weight is 455 g/mol. The number of carbonyl (C=O) groups excluding carboxylic acids is 2. The minimum absolute atomic E-state index is 0.175. The molecule has 1 amide bonds. The molecule has 2 aliphatic rings. The number of hydrogen-bond donors (Lipinski definition) is 1. The van der Waals surface area contributed by atoms with E-state index in [9.17, 15) is 9.59 Å². The van der Waals surface area contributed by atoms with Crippen molar-refractivity contribution in [2.75, 3.05) is 25.1 Å². The predicted octanol–water partition coefficient (Wildman–Crippen LogP) is 4.20. The SMILES string of the molecule is COc1ccc(C2Sc3ccccc3N(C[C@@H]3CCCN3)C(=O)C2OC(=O)C(C)C)cc1. The van der Waals surface area contributed by atoms with E-state index in [0.717, 1.165) is 41.3 Å². The van der Waals surface area contributed by atoms with Crippen LogP contribution in [0.5, 0.6) is 5.75 Å². The molecule has 170 valence electrons. The summed E-state index contributed by atoms with van der Waals surface area (Å²) >= 11 is 1.57. The second kappa shape index (κ2) is 9.96. The van der Waals surface area contributed by atoms with E-state index in [0.29, 0.717) is 6.54 Å². The van der Waals surface area contributed by atoms with Crippen LogP contribution in [-0.4, -0.2) is 44.2 Å². The van der Waals surface area contributed by atoms with Crippen LogP contribution in [0.1, 0.15) is 37.5 Å². The monoisotopic (exact) mass is 454 g/mol. The Morgan fingerprint density at radius 1 is 1.19 bits per heavy atom. The predicted molar refractivity (Wildman–Crippen MR) is 126 cm³/mol. The number of amides is 1. The van der Waals surface area contributed by atoms with Crippen LogP contribution in [0.25, 0.3) is 0 Å². The lowest BCUT2D eigenvalue weighted by molar-refractivity contribution is -0.158. The maximum absolute atomic E-state index is 13.9. The van der Waals surface area contributed by atoms with Gasteiger partial charge in [0, 0.05) is 17.5 Å². The molecule has 0 saturated carbocycles. The van der Waals surface area contributed by atoms with Crippen LogP contribution in [0, 0.1) is 5.92 Å². The third-order valence-corrected chi connectivity index (χ3v) is 7.29.